The van der Waals surface area contributed by atoms with Gasteiger partial charge < -0.3 is 9.64 Å². The third-order valence-corrected chi connectivity index (χ3v) is 6.92. The first-order valence-electron chi connectivity index (χ1n) is 9.73. The van der Waals surface area contributed by atoms with Crippen molar-refractivity contribution >= 4 is 15.7 Å². The number of piperidine rings is 1. The van der Waals surface area contributed by atoms with Crippen molar-refractivity contribution in [3.63, 3.8) is 0 Å². The van der Waals surface area contributed by atoms with Crippen molar-refractivity contribution in [2.24, 2.45) is 5.92 Å². The largest absolute Gasteiger partial charge is 0.376 e. The fourth-order valence-corrected chi connectivity index (χ4v) is 4.32. The number of rotatable bonds is 7. The Hall–Kier alpha value is -2.18. The highest BCUT2D eigenvalue weighted by molar-refractivity contribution is 7.91. The summed E-state index contributed by atoms with van der Waals surface area (Å²) in [7, 11) is -3.31. The minimum atomic E-state index is -3.31. The van der Waals surface area contributed by atoms with Crippen LogP contribution in [0.25, 0.3) is 0 Å². The van der Waals surface area contributed by atoms with E-state index >= 15 is 0 Å². The molecule has 0 radical (unpaired) electrons. The molecule has 0 bridgehead atoms. The van der Waals surface area contributed by atoms with E-state index in [1.54, 1.807) is 25.1 Å². The van der Waals surface area contributed by atoms with Crippen LogP contribution >= 0.6 is 0 Å². The first kappa shape index (κ1) is 20.6. The highest BCUT2D eigenvalue weighted by Crippen LogP contribution is 2.21. The molecule has 2 aromatic rings. The van der Waals surface area contributed by atoms with Gasteiger partial charge in [0, 0.05) is 25.3 Å². The smallest absolute Gasteiger partial charge is 0.253 e. The number of hydrogen-bond acceptors (Lipinski definition) is 4. The lowest BCUT2D eigenvalue weighted by Gasteiger charge is -2.32. The first-order chi connectivity index (χ1) is 13.5. The average molecular weight is 402 g/mol. The van der Waals surface area contributed by atoms with Crippen LogP contribution in [-0.4, -0.2) is 44.7 Å². The quantitative estimate of drug-likeness (QED) is 0.712. The second-order valence-electron chi connectivity index (χ2n) is 7.17. The molecule has 0 spiro atoms. The molecule has 5 nitrogen and oxygen atoms in total. The molecular formula is C22H27NO4S. The van der Waals surface area contributed by atoms with Crippen LogP contribution < -0.4 is 0 Å². The summed E-state index contributed by atoms with van der Waals surface area (Å²) in [5.41, 5.74) is 1.60. The molecule has 150 valence electrons. The summed E-state index contributed by atoms with van der Waals surface area (Å²) >= 11 is 0. The van der Waals surface area contributed by atoms with Crippen molar-refractivity contribution in [1.82, 2.24) is 4.90 Å². The summed E-state index contributed by atoms with van der Waals surface area (Å²) in [4.78, 5) is 14.8. The van der Waals surface area contributed by atoms with Crippen LogP contribution in [0, 0.1) is 5.92 Å². The van der Waals surface area contributed by atoms with Gasteiger partial charge in [-0.1, -0.05) is 43.3 Å². The number of amides is 1. The Morgan fingerprint density at radius 3 is 2.46 bits per heavy atom. The number of carbonyl (C=O) groups excluding carboxylic acids is 1. The van der Waals surface area contributed by atoms with E-state index < -0.39 is 9.84 Å². The predicted molar refractivity (Wildman–Crippen MR) is 109 cm³/mol. The maximum atomic E-state index is 12.8. The van der Waals surface area contributed by atoms with Gasteiger partial charge in [0.05, 0.1) is 17.3 Å². The van der Waals surface area contributed by atoms with E-state index in [0.29, 0.717) is 37.8 Å². The zero-order valence-electron chi connectivity index (χ0n) is 16.2. The summed E-state index contributed by atoms with van der Waals surface area (Å²) < 4.78 is 30.0. The number of benzene rings is 2. The average Bonchev–Trinajstić information content (AvgIpc) is 2.74. The summed E-state index contributed by atoms with van der Waals surface area (Å²) in [6, 6.07) is 16.5. The molecule has 3 rings (SSSR count). The van der Waals surface area contributed by atoms with Gasteiger partial charge in [-0.15, -0.1) is 0 Å². The second kappa shape index (κ2) is 9.34. The van der Waals surface area contributed by atoms with Crippen LogP contribution in [0.5, 0.6) is 0 Å². The molecule has 6 heteroatoms. The van der Waals surface area contributed by atoms with E-state index in [1.165, 1.54) is 6.07 Å². The molecule has 28 heavy (non-hydrogen) atoms. The molecule has 0 N–H and O–H groups in total. The fourth-order valence-electron chi connectivity index (χ4n) is 3.39. The topological polar surface area (TPSA) is 63.7 Å². The maximum Gasteiger partial charge on any atom is 0.253 e. The Balaban J connectivity index is 1.51. The number of ether oxygens (including phenoxy) is 1. The van der Waals surface area contributed by atoms with Gasteiger partial charge in [0.1, 0.15) is 0 Å². The van der Waals surface area contributed by atoms with Crippen molar-refractivity contribution < 1.29 is 17.9 Å². The second-order valence-corrected chi connectivity index (χ2v) is 9.45. The van der Waals surface area contributed by atoms with E-state index in [4.69, 9.17) is 4.74 Å². The molecule has 0 atom stereocenters. The van der Waals surface area contributed by atoms with E-state index in [0.717, 1.165) is 18.4 Å². The van der Waals surface area contributed by atoms with Gasteiger partial charge in [0.2, 0.25) is 0 Å². The Labute approximate surface area is 167 Å². The summed E-state index contributed by atoms with van der Waals surface area (Å²) in [6.45, 7) is 4.25. The minimum absolute atomic E-state index is 0.0268. The van der Waals surface area contributed by atoms with Gasteiger partial charge in [0.15, 0.2) is 9.84 Å². The van der Waals surface area contributed by atoms with Crippen LogP contribution in [0.4, 0.5) is 0 Å². The molecule has 1 fully saturated rings. The van der Waals surface area contributed by atoms with Crippen LogP contribution in [0.3, 0.4) is 0 Å². The third-order valence-electron chi connectivity index (χ3n) is 5.19. The molecule has 0 aliphatic carbocycles. The maximum absolute atomic E-state index is 12.8. The standard InChI is InChI=1S/C22H27NO4S/c1-2-28(25,26)21-10-6-9-20(15-21)22(24)23-13-11-19(12-14-23)17-27-16-18-7-4-3-5-8-18/h3-10,15,19H,2,11-14,16-17H2,1H3. The highest BCUT2D eigenvalue weighted by Gasteiger charge is 2.24. The van der Waals surface area contributed by atoms with Gasteiger partial charge in [-0.2, -0.15) is 0 Å². The fraction of sp³-hybridized carbons (Fsp3) is 0.409. The van der Waals surface area contributed by atoms with Crippen molar-refractivity contribution in [3.05, 3.63) is 65.7 Å². The summed E-state index contributed by atoms with van der Waals surface area (Å²) in [5, 5.41) is 0. The van der Waals surface area contributed by atoms with Gasteiger partial charge in [-0.3, -0.25) is 4.79 Å². The predicted octanol–water partition coefficient (Wildman–Crippen LogP) is 3.55. The molecule has 0 unspecified atom stereocenters. The van der Waals surface area contributed by atoms with Gasteiger partial charge >= 0.3 is 0 Å². The lowest BCUT2D eigenvalue weighted by Crippen LogP contribution is -2.39. The lowest BCUT2D eigenvalue weighted by molar-refractivity contribution is 0.0478. The number of sulfone groups is 1. The van der Waals surface area contributed by atoms with Crippen molar-refractivity contribution in [2.75, 3.05) is 25.4 Å². The van der Waals surface area contributed by atoms with Crippen molar-refractivity contribution in [3.8, 4) is 0 Å². The SMILES string of the molecule is CCS(=O)(=O)c1cccc(C(=O)N2CCC(COCc3ccccc3)CC2)c1. The molecule has 0 saturated carbocycles. The van der Waals surface area contributed by atoms with Gasteiger partial charge in [0.25, 0.3) is 5.91 Å². The van der Waals surface area contributed by atoms with Gasteiger partial charge in [-0.05, 0) is 42.5 Å². The van der Waals surface area contributed by atoms with Crippen molar-refractivity contribution in [1.29, 1.82) is 0 Å². The Bertz CT molecular complexity index is 888. The van der Waals surface area contributed by atoms with E-state index in [-0.39, 0.29) is 16.6 Å². The minimum Gasteiger partial charge on any atom is -0.376 e. The van der Waals surface area contributed by atoms with Crippen LogP contribution in [0.15, 0.2) is 59.5 Å². The highest BCUT2D eigenvalue weighted by atomic mass is 32.2. The van der Waals surface area contributed by atoms with Crippen LogP contribution in [-0.2, 0) is 21.2 Å². The number of nitrogens with zero attached hydrogens (tertiary/aromatic N) is 1. The van der Waals surface area contributed by atoms with Crippen LogP contribution in [0.2, 0.25) is 0 Å². The summed E-state index contributed by atoms with van der Waals surface area (Å²) in [5.74, 6) is 0.371. The lowest BCUT2D eigenvalue weighted by atomic mass is 9.97. The normalized spacial score (nSPS) is 15.5. The zero-order valence-corrected chi connectivity index (χ0v) is 17.0. The molecule has 2 aromatic carbocycles. The van der Waals surface area contributed by atoms with Crippen molar-refractivity contribution in [2.45, 2.75) is 31.3 Å². The Morgan fingerprint density at radius 1 is 1.07 bits per heavy atom. The molecule has 1 aliphatic heterocycles. The molecular weight excluding hydrogens is 374 g/mol. The number of likely N-dealkylation sites (tertiary alicyclic amines) is 1. The molecule has 1 aliphatic rings. The zero-order chi connectivity index (χ0) is 20.0. The van der Waals surface area contributed by atoms with Crippen LogP contribution in [0.1, 0.15) is 35.7 Å². The summed E-state index contributed by atoms with van der Waals surface area (Å²) in [6.07, 6.45) is 1.79. The van der Waals surface area contributed by atoms with E-state index in [2.05, 4.69) is 0 Å². The Morgan fingerprint density at radius 2 is 1.79 bits per heavy atom. The monoisotopic (exact) mass is 401 g/mol. The number of carbonyl (C=O) groups is 1. The molecule has 0 aromatic heterocycles. The Kier molecular flexibility index (Phi) is 6.86. The number of hydrogen-bond donors (Lipinski definition) is 0. The molecule has 1 amide bonds. The molecule has 1 heterocycles. The van der Waals surface area contributed by atoms with E-state index in [9.17, 15) is 13.2 Å². The third kappa shape index (κ3) is 5.20. The van der Waals surface area contributed by atoms with Gasteiger partial charge in [-0.25, -0.2) is 8.42 Å². The van der Waals surface area contributed by atoms with E-state index in [1.807, 2.05) is 35.2 Å². The first-order valence-corrected chi connectivity index (χ1v) is 11.4. The molecule has 1 saturated heterocycles.